The van der Waals surface area contributed by atoms with Crippen LogP contribution in [0, 0.1) is 0 Å². The first-order valence-corrected chi connectivity index (χ1v) is 7.45. The number of hydrogen-bond acceptors (Lipinski definition) is 3. The monoisotopic (exact) mass is 288 g/mol. The van der Waals surface area contributed by atoms with E-state index in [0.717, 1.165) is 5.56 Å². The number of amides is 2. The summed E-state index contributed by atoms with van der Waals surface area (Å²) in [7, 11) is 0. The van der Waals surface area contributed by atoms with Crippen LogP contribution in [0.1, 0.15) is 18.4 Å². The summed E-state index contributed by atoms with van der Waals surface area (Å²) in [6, 6.07) is 9.52. The number of morpholine rings is 1. The summed E-state index contributed by atoms with van der Waals surface area (Å²) in [6.07, 6.45) is 1.09. The van der Waals surface area contributed by atoms with E-state index in [-0.39, 0.29) is 17.9 Å². The zero-order chi connectivity index (χ0) is 14.7. The maximum absolute atomic E-state index is 12.6. The van der Waals surface area contributed by atoms with Crippen molar-refractivity contribution in [2.45, 2.75) is 25.4 Å². The van der Waals surface area contributed by atoms with Crippen LogP contribution in [0.5, 0.6) is 0 Å². The van der Waals surface area contributed by atoms with Crippen LogP contribution < -0.4 is 0 Å². The van der Waals surface area contributed by atoms with Gasteiger partial charge < -0.3 is 14.5 Å². The van der Waals surface area contributed by atoms with Gasteiger partial charge in [0.05, 0.1) is 13.2 Å². The predicted octanol–water partition coefficient (Wildman–Crippen LogP) is 1.04. The fourth-order valence-corrected chi connectivity index (χ4v) is 2.96. The average Bonchev–Trinajstić information content (AvgIpc) is 2.90. The maximum Gasteiger partial charge on any atom is 0.245 e. The zero-order valence-electron chi connectivity index (χ0n) is 12.0. The minimum Gasteiger partial charge on any atom is -0.378 e. The maximum atomic E-state index is 12.6. The number of benzene rings is 1. The van der Waals surface area contributed by atoms with Gasteiger partial charge in [-0.3, -0.25) is 9.59 Å². The molecule has 2 aliphatic heterocycles. The van der Waals surface area contributed by atoms with Crippen LogP contribution in [0.2, 0.25) is 0 Å². The van der Waals surface area contributed by atoms with Gasteiger partial charge in [0.25, 0.3) is 0 Å². The van der Waals surface area contributed by atoms with Crippen LogP contribution >= 0.6 is 0 Å². The molecule has 0 N–H and O–H groups in total. The van der Waals surface area contributed by atoms with Crippen molar-refractivity contribution in [2.24, 2.45) is 0 Å². The predicted molar refractivity (Wildman–Crippen MR) is 77.4 cm³/mol. The minimum absolute atomic E-state index is 0.0695. The van der Waals surface area contributed by atoms with E-state index in [0.29, 0.717) is 45.7 Å². The zero-order valence-corrected chi connectivity index (χ0v) is 12.0. The summed E-state index contributed by atoms with van der Waals surface area (Å²) in [5, 5.41) is 0. The summed E-state index contributed by atoms with van der Waals surface area (Å²) in [4.78, 5) is 28.3. The molecule has 0 radical (unpaired) electrons. The molecule has 2 fully saturated rings. The van der Waals surface area contributed by atoms with Gasteiger partial charge in [-0.2, -0.15) is 0 Å². The van der Waals surface area contributed by atoms with Gasteiger partial charge in [0, 0.05) is 26.1 Å². The molecule has 0 aliphatic carbocycles. The molecule has 1 unspecified atom stereocenters. The lowest BCUT2D eigenvalue weighted by molar-refractivity contribution is -0.144. The highest BCUT2D eigenvalue weighted by Gasteiger charge is 2.38. The highest BCUT2D eigenvalue weighted by atomic mass is 16.5. The normalized spacial score (nSPS) is 22.7. The van der Waals surface area contributed by atoms with E-state index in [2.05, 4.69) is 0 Å². The standard InChI is InChI=1S/C16H20N2O3/c19-15-7-6-14(16(20)17-8-10-21-11-9-17)18(15)12-13-4-2-1-3-5-13/h1-5,14H,6-12H2. The molecule has 0 saturated carbocycles. The number of carbonyl (C=O) groups excluding carboxylic acids is 2. The quantitative estimate of drug-likeness (QED) is 0.835. The number of likely N-dealkylation sites (tertiary alicyclic amines) is 1. The van der Waals surface area contributed by atoms with Gasteiger partial charge in [-0.05, 0) is 12.0 Å². The van der Waals surface area contributed by atoms with Crippen LogP contribution in [0.25, 0.3) is 0 Å². The highest BCUT2D eigenvalue weighted by molar-refractivity contribution is 5.91. The number of rotatable bonds is 3. The van der Waals surface area contributed by atoms with Crippen LogP contribution in [0.15, 0.2) is 30.3 Å². The Labute approximate surface area is 124 Å². The molecular weight excluding hydrogens is 268 g/mol. The number of nitrogens with zero attached hydrogens (tertiary/aromatic N) is 2. The van der Waals surface area contributed by atoms with Crippen molar-refractivity contribution < 1.29 is 14.3 Å². The lowest BCUT2D eigenvalue weighted by Gasteiger charge is -2.32. The highest BCUT2D eigenvalue weighted by Crippen LogP contribution is 2.23. The first-order valence-electron chi connectivity index (χ1n) is 7.45. The summed E-state index contributed by atoms with van der Waals surface area (Å²) in [5.41, 5.74) is 1.06. The fraction of sp³-hybridized carbons (Fsp3) is 0.500. The Kier molecular flexibility index (Phi) is 4.20. The van der Waals surface area contributed by atoms with E-state index < -0.39 is 0 Å². The first-order chi connectivity index (χ1) is 10.3. The van der Waals surface area contributed by atoms with Crippen LogP contribution in [0.4, 0.5) is 0 Å². The van der Waals surface area contributed by atoms with Crippen molar-refractivity contribution in [1.82, 2.24) is 9.80 Å². The smallest absolute Gasteiger partial charge is 0.245 e. The molecule has 1 aromatic carbocycles. The van der Waals surface area contributed by atoms with Crippen LogP contribution in [-0.2, 0) is 20.9 Å². The van der Waals surface area contributed by atoms with E-state index in [1.165, 1.54) is 0 Å². The topological polar surface area (TPSA) is 49.9 Å². The van der Waals surface area contributed by atoms with E-state index in [9.17, 15) is 9.59 Å². The van der Waals surface area contributed by atoms with E-state index in [1.807, 2.05) is 35.2 Å². The Morgan fingerprint density at radius 3 is 2.62 bits per heavy atom. The third-order valence-electron chi connectivity index (χ3n) is 4.13. The molecule has 2 saturated heterocycles. The Bertz CT molecular complexity index is 512. The summed E-state index contributed by atoms with van der Waals surface area (Å²) >= 11 is 0. The molecule has 5 heteroatoms. The van der Waals surface area contributed by atoms with Gasteiger partial charge in [0.15, 0.2) is 0 Å². The third kappa shape index (κ3) is 3.08. The van der Waals surface area contributed by atoms with Crippen molar-refractivity contribution in [3.8, 4) is 0 Å². The minimum atomic E-state index is -0.309. The SMILES string of the molecule is O=C(C1CCC(=O)N1Cc1ccccc1)N1CCOCC1. The van der Waals surface area contributed by atoms with Gasteiger partial charge in [-0.25, -0.2) is 0 Å². The van der Waals surface area contributed by atoms with Gasteiger partial charge >= 0.3 is 0 Å². The molecule has 1 aromatic rings. The molecule has 0 bridgehead atoms. The lowest BCUT2D eigenvalue weighted by Crippen LogP contribution is -2.50. The van der Waals surface area contributed by atoms with Gasteiger partial charge in [-0.15, -0.1) is 0 Å². The van der Waals surface area contributed by atoms with E-state index in [4.69, 9.17) is 4.74 Å². The Balaban J connectivity index is 1.71. The average molecular weight is 288 g/mol. The second-order valence-electron chi connectivity index (χ2n) is 5.50. The van der Waals surface area contributed by atoms with Crippen molar-refractivity contribution in [1.29, 1.82) is 0 Å². The summed E-state index contributed by atoms with van der Waals surface area (Å²) < 4.78 is 5.28. The van der Waals surface area contributed by atoms with Crippen molar-refractivity contribution in [2.75, 3.05) is 26.3 Å². The molecule has 2 aliphatic rings. The molecular formula is C16H20N2O3. The number of hydrogen-bond donors (Lipinski definition) is 0. The Morgan fingerprint density at radius 1 is 1.19 bits per heavy atom. The largest absolute Gasteiger partial charge is 0.378 e. The summed E-state index contributed by atoms with van der Waals surface area (Å²) in [6.45, 7) is 2.95. The molecule has 1 atom stereocenters. The van der Waals surface area contributed by atoms with E-state index >= 15 is 0 Å². The molecule has 3 rings (SSSR count). The molecule has 5 nitrogen and oxygen atoms in total. The van der Waals surface area contributed by atoms with Gasteiger partial charge in [-0.1, -0.05) is 30.3 Å². The lowest BCUT2D eigenvalue weighted by atomic mass is 10.1. The fourth-order valence-electron chi connectivity index (χ4n) is 2.96. The Hall–Kier alpha value is -1.88. The second kappa shape index (κ2) is 6.26. The van der Waals surface area contributed by atoms with Gasteiger partial charge in [0.2, 0.25) is 11.8 Å². The number of carbonyl (C=O) groups is 2. The molecule has 0 spiro atoms. The third-order valence-corrected chi connectivity index (χ3v) is 4.13. The molecule has 2 amide bonds. The van der Waals surface area contributed by atoms with Crippen molar-refractivity contribution in [3.05, 3.63) is 35.9 Å². The van der Waals surface area contributed by atoms with Crippen molar-refractivity contribution >= 4 is 11.8 Å². The molecule has 2 heterocycles. The van der Waals surface area contributed by atoms with Crippen molar-refractivity contribution in [3.63, 3.8) is 0 Å². The first kappa shape index (κ1) is 14.1. The second-order valence-corrected chi connectivity index (χ2v) is 5.50. The van der Waals surface area contributed by atoms with E-state index in [1.54, 1.807) is 4.90 Å². The summed E-state index contributed by atoms with van der Waals surface area (Å²) in [5.74, 6) is 0.144. The molecule has 0 aromatic heterocycles. The van der Waals surface area contributed by atoms with Gasteiger partial charge in [0.1, 0.15) is 6.04 Å². The Morgan fingerprint density at radius 2 is 1.90 bits per heavy atom. The molecule has 112 valence electrons. The van der Waals surface area contributed by atoms with Crippen LogP contribution in [-0.4, -0.2) is 54.0 Å². The molecule has 21 heavy (non-hydrogen) atoms. The number of ether oxygens (including phenoxy) is 1. The van der Waals surface area contributed by atoms with Crippen LogP contribution in [0.3, 0.4) is 0 Å².